The van der Waals surface area contributed by atoms with Crippen molar-refractivity contribution in [3.63, 3.8) is 0 Å². The third kappa shape index (κ3) is 5.40. The van der Waals surface area contributed by atoms with Gasteiger partial charge in [0.1, 0.15) is 11.3 Å². The number of halogens is 3. The highest BCUT2D eigenvalue weighted by Gasteiger charge is 2.60. The largest absolute Gasteiger partial charge is 0.573 e. The lowest BCUT2D eigenvalue weighted by atomic mass is 9.68. The minimum atomic E-state index is -4.89. The molecular weight excluding hydrogens is 621 g/mol. The number of imide groups is 1. The minimum absolute atomic E-state index is 0.105. The van der Waals surface area contributed by atoms with Crippen LogP contribution in [0, 0.1) is 0 Å². The molecule has 3 amide bonds. The lowest BCUT2D eigenvalue weighted by Crippen LogP contribution is -2.55. The van der Waals surface area contributed by atoms with Crippen molar-refractivity contribution >= 4 is 50.8 Å². The number of alkyl halides is 3. The van der Waals surface area contributed by atoms with Crippen molar-refractivity contribution < 1.29 is 27.5 Å². The number of carbonyl (C=O) groups excluding carboxylic acids is 2. The standard InChI is InChI=1S/C36H35F3N6O3/c1-21(31-25-11-7-9-13-27(25)40-19-29(31)43(3)4)35(22(2)32-26-12-8-10-14-28(26)41-20-30(32)44(5)6)33(46)45(34(47)42-35)23-15-17-24(18-16-23)48-36(37,38)39/h7-22H,1-6H3,(H,42,47). The van der Waals surface area contributed by atoms with Gasteiger partial charge in [0, 0.05) is 50.8 Å². The molecule has 2 aromatic heterocycles. The average molecular weight is 657 g/mol. The van der Waals surface area contributed by atoms with Crippen LogP contribution in [-0.2, 0) is 4.79 Å². The Morgan fingerprint density at radius 1 is 0.750 bits per heavy atom. The van der Waals surface area contributed by atoms with E-state index in [-0.39, 0.29) is 5.69 Å². The predicted molar refractivity (Wildman–Crippen MR) is 181 cm³/mol. The molecule has 0 saturated carbocycles. The number of urea groups is 1. The van der Waals surface area contributed by atoms with Crippen LogP contribution < -0.4 is 24.8 Å². The molecule has 0 radical (unpaired) electrons. The van der Waals surface area contributed by atoms with Gasteiger partial charge in [0.15, 0.2) is 0 Å². The van der Waals surface area contributed by atoms with Crippen molar-refractivity contribution in [2.75, 3.05) is 42.9 Å². The van der Waals surface area contributed by atoms with E-state index in [4.69, 9.17) is 0 Å². The van der Waals surface area contributed by atoms with Gasteiger partial charge in [0.05, 0.1) is 40.5 Å². The van der Waals surface area contributed by atoms with E-state index in [1.807, 2.05) is 100 Å². The number of fused-ring (bicyclic) bond motifs is 2. The normalized spacial score (nSPS) is 17.8. The highest BCUT2D eigenvalue weighted by atomic mass is 19.4. The third-order valence-corrected chi connectivity index (χ3v) is 9.19. The molecule has 5 aromatic rings. The van der Waals surface area contributed by atoms with E-state index in [1.54, 1.807) is 12.4 Å². The Morgan fingerprint density at radius 2 is 1.21 bits per heavy atom. The summed E-state index contributed by atoms with van der Waals surface area (Å²) in [6.45, 7) is 3.85. The molecule has 9 nitrogen and oxygen atoms in total. The van der Waals surface area contributed by atoms with Crippen molar-refractivity contribution in [3.05, 3.63) is 96.3 Å². The van der Waals surface area contributed by atoms with Gasteiger partial charge in [-0.2, -0.15) is 0 Å². The van der Waals surface area contributed by atoms with E-state index >= 15 is 4.79 Å². The van der Waals surface area contributed by atoms with Crippen LogP contribution in [0.5, 0.6) is 5.75 Å². The molecule has 2 atom stereocenters. The fraction of sp³-hybridized carbons (Fsp3) is 0.278. The molecule has 0 aliphatic carbocycles. The van der Waals surface area contributed by atoms with Crippen molar-refractivity contribution in [1.29, 1.82) is 0 Å². The average Bonchev–Trinajstić information content (AvgIpc) is 3.32. The van der Waals surface area contributed by atoms with E-state index in [9.17, 15) is 18.0 Å². The summed E-state index contributed by atoms with van der Waals surface area (Å²) in [5, 5.41) is 4.77. The van der Waals surface area contributed by atoms with E-state index < -0.39 is 41.4 Å². The van der Waals surface area contributed by atoms with Gasteiger partial charge in [-0.3, -0.25) is 14.8 Å². The Kier molecular flexibility index (Phi) is 8.14. The smallest absolute Gasteiger partial charge is 0.406 e. The van der Waals surface area contributed by atoms with Gasteiger partial charge < -0.3 is 19.9 Å². The zero-order valence-electron chi connectivity index (χ0n) is 27.3. The fourth-order valence-corrected chi connectivity index (χ4v) is 6.94. The van der Waals surface area contributed by atoms with Crippen LogP contribution in [0.4, 0.5) is 35.0 Å². The van der Waals surface area contributed by atoms with Gasteiger partial charge >= 0.3 is 12.4 Å². The van der Waals surface area contributed by atoms with Crippen LogP contribution >= 0.6 is 0 Å². The topological polar surface area (TPSA) is 90.9 Å². The number of ether oxygens (including phenoxy) is 1. The fourth-order valence-electron chi connectivity index (χ4n) is 6.94. The first kappa shape index (κ1) is 32.5. The van der Waals surface area contributed by atoms with Gasteiger partial charge in [-0.25, -0.2) is 9.69 Å². The maximum atomic E-state index is 15.2. The molecule has 48 heavy (non-hydrogen) atoms. The molecule has 3 aromatic carbocycles. The molecule has 6 rings (SSSR count). The first-order valence-corrected chi connectivity index (χ1v) is 15.4. The highest BCUT2D eigenvalue weighted by molar-refractivity contribution is 6.24. The lowest BCUT2D eigenvalue weighted by Gasteiger charge is -2.41. The first-order chi connectivity index (χ1) is 22.7. The lowest BCUT2D eigenvalue weighted by molar-refractivity contribution is -0.274. The molecule has 2 unspecified atom stereocenters. The molecule has 1 aliphatic heterocycles. The van der Waals surface area contributed by atoms with Gasteiger partial charge in [-0.05, 0) is 47.5 Å². The summed E-state index contributed by atoms with van der Waals surface area (Å²) in [4.78, 5) is 43.5. The molecule has 1 N–H and O–H groups in total. The van der Waals surface area contributed by atoms with Crippen LogP contribution in [0.1, 0.15) is 36.8 Å². The van der Waals surface area contributed by atoms with Crippen LogP contribution in [-0.4, -0.2) is 62.0 Å². The number of nitrogens with zero attached hydrogens (tertiary/aromatic N) is 5. The van der Waals surface area contributed by atoms with Crippen molar-refractivity contribution in [2.45, 2.75) is 37.6 Å². The summed E-state index contributed by atoms with van der Waals surface area (Å²) in [6, 6.07) is 19.3. The number of para-hydroxylation sites is 2. The van der Waals surface area contributed by atoms with Crippen LogP contribution in [0.25, 0.3) is 21.8 Å². The van der Waals surface area contributed by atoms with E-state index in [2.05, 4.69) is 20.0 Å². The second kappa shape index (κ2) is 12.0. The Bertz CT molecular complexity index is 1930. The number of benzene rings is 3. The van der Waals surface area contributed by atoms with Gasteiger partial charge in [-0.1, -0.05) is 50.2 Å². The molecule has 248 valence electrons. The summed E-state index contributed by atoms with van der Waals surface area (Å²) in [5.41, 5.74) is 3.15. The Balaban J connectivity index is 1.61. The second-order valence-electron chi connectivity index (χ2n) is 12.4. The molecule has 0 bridgehead atoms. The third-order valence-electron chi connectivity index (χ3n) is 9.19. The summed E-state index contributed by atoms with van der Waals surface area (Å²) in [6.07, 6.45) is -1.37. The van der Waals surface area contributed by atoms with Crippen molar-refractivity contribution in [3.8, 4) is 5.75 Å². The maximum Gasteiger partial charge on any atom is 0.573 e. The summed E-state index contributed by atoms with van der Waals surface area (Å²) in [7, 11) is 7.57. The monoisotopic (exact) mass is 656 g/mol. The quantitative estimate of drug-likeness (QED) is 0.177. The maximum absolute atomic E-state index is 15.2. The number of hydrogen-bond donors (Lipinski definition) is 1. The van der Waals surface area contributed by atoms with Gasteiger partial charge in [0.2, 0.25) is 0 Å². The first-order valence-electron chi connectivity index (χ1n) is 15.4. The van der Waals surface area contributed by atoms with Crippen LogP contribution in [0.3, 0.4) is 0 Å². The molecular formula is C36H35F3N6O3. The number of pyridine rings is 2. The number of hydrogen-bond acceptors (Lipinski definition) is 7. The molecule has 1 aliphatic rings. The highest BCUT2D eigenvalue weighted by Crippen LogP contribution is 2.50. The molecule has 0 spiro atoms. The summed E-state index contributed by atoms with van der Waals surface area (Å²) in [5.74, 6) is -2.31. The van der Waals surface area contributed by atoms with Crippen molar-refractivity contribution in [1.82, 2.24) is 15.3 Å². The number of anilines is 3. The number of rotatable bonds is 8. The second-order valence-corrected chi connectivity index (χ2v) is 12.4. The number of aromatic nitrogens is 2. The van der Waals surface area contributed by atoms with E-state index in [0.29, 0.717) is 0 Å². The Hall–Kier alpha value is -5.39. The zero-order chi connectivity index (χ0) is 34.5. The molecule has 1 fully saturated rings. The molecule has 3 heterocycles. The number of nitrogens with one attached hydrogen (secondary N) is 1. The number of carbonyl (C=O) groups is 2. The van der Waals surface area contributed by atoms with E-state index in [1.165, 1.54) is 12.1 Å². The van der Waals surface area contributed by atoms with Crippen molar-refractivity contribution in [2.24, 2.45) is 0 Å². The number of amides is 3. The molecule has 12 heteroatoms. The summed E-state index contributed by atoms with van der Waals surface area (Å²) < 4.78 is 42.7. The van der Waals surface area contributed by atoms with Gasteiger partial charge in [0.25, 0.3) is 5.91 Å². The Labute approximate surface area is 275 Å². The van der Waals surface area contributed by atoms with E-state index in [0.717, 1.165) is 61.3 Å². The molecule has 1 saturated heterocycles. The van der Waals surface area contributed by atoms with Crippen LogP contribution in [0.2, 0.25) is 0 Å². The zero-order valence-corrected chi connectivity index (χ0v) is 27.3. The van der Waals surface area contributed by atoms with Gasteiger partial charge in [-0.15, -0.1) is 13.2 Å². The SMILES string of the molecule is CC(c1c(N(C)C)cnc2ccccc12)C1(C(C)c2c(N(C)C)cnc3ccccc23)NC(=O)N(c2ccc(OC(F)(F)F)cc2)C1=O. The minimum Gasteiger partial charge on any atom is -0.406 e. The Morgan fingerprint density at radius 3 is 1.65 bits per heavy atom. The van der Waals surface area contributed by atoms with Crippen LogP contribution in [0.15, 0.2) is 85.2 Å². The summed E-state index contributed by atoms with van der Waals surface area (Å²) >= 11 is 0. The predicted octanol–water partition coefficient (Wildman–Crippen LogP) is 7.22.